The van der Waals surface area contributed by atoms with E-state index in [0.29, 0.717) is 12.4 Å². The van der Waals surface area contributed by atoms with Crippen molar-refractivity contribution in [2.75, 3.05) is 11.4 Å². The van der Waals surface area contributed by atoms with Crippen LogP contribution in [0.3, 0.4) is 0 Å². The first-order valence-electron chi connectivity index (χ1n) is 7.36. The number of fused-ring (bicyclic) bond motifs is 1. The minimum absolute atomic E-state index is 0.00669. The lowest BCUT2D eigenvalue weighted by molar-refractivity contribution is 0.375. The number of aryl methyl sites for hydroxylation is 1. The lowest BCUT2D eigenvalue weighted by Gasteiger charge is -2.26. The molecule has 0 atom stereocenters. The quantitative estimate of drug-likeness (QED) is 0.745. The molecule has 0 unspecified atom stereocenters. The van der Waals surface area contributed by atoms with Gasteiger partial charge in [-0.15, -0.1) is 0 Å². The Morgan fingerprint density at radius 3 is 2.79 bits per heavy atom. The minimum Gasteiger partial charge on any atom is -0.359 e. The van der Waals surface area contributed by atoms with Gasteiger partial charge in [0.1, 0.15) is 0 Å². The number of hydrogen-bond acceptors (Lipinski definition) is 5. The van der Waals surface area contributed by atoms with Gasteiger partial charge in [0.25, 0.3) is 0 Å². The molecular weight excluding hydrogens is 323 g/mol. The topological polar surface area (TPSA) is 70.8 Å². The van der Waals surface area contributed by atoms with Crippen LogP contribution in [0.5, 0.6) is 0 Å². The van der Waals surface area contributed by atoms with Gasteiger partial charge in [-0.25, -0.2) is 13.2 Å². The summed E-state index contributed by atoms with van der Waals surface area (Å²) in [5.41, 5.74) is 2.03. The van der Waals surface area contributed by atoms with Gasteiger partial charge in [-0.2, -0.15) is 10.1 Å². The molecule has 0 amide bonds. The first-order valence-corrected chi connectivity index (χ1v) is 7.36. The van der Waals surface area contributed by atoms with Crippen LogP contribution < -0.4 is 4.90 Å². The van der Waals surface area contributed by atoms with Gasteiger partial charge >= 0.3 is 0 Å². The molecule has 3 aromatic rings. The fraction of sp³-hybridized carbons (Fsp3) is 0.267. The average Bonchev–Trinajstić information content (AvgIpc) is 3.21. The van der Waals surface area contributed by atoms with Crippen molar-refractivity contribution in [3.63, 3.8) is 0 Å². The lowest BCUT2D eigenvalue weighted by atomic mass is 10.1. The van der Waals surface area contributed by atoms with Crippen molar-refractivity contribution in [1.29, 1.82) is 0 Å². The molecule has 1 aliphatic heterocycles. The monoisotopic (exact) mass is 335 g/mol. The van der Waals surface area contributed by atoms with Crippen molar-refractivity contribution in [2.45, 2.75) is 19.4 Å². The van der Waals surface area contributed by atoms with E-state index in [1.54, 1.807) is 6.20 Å². The smallest absolute Gasteiger partial charge is 0.246 e. The summed E-state index contributed by atoms with van der Waals surface area (Å²) in [5.74, 6) is -3.81. The summed E-state index contributed by atoms with van der Waals surface area (Å²) in [5, 5.41) is 10.7. The fourth-order valence-corrected chi connectivity index (χ4v) is 2.78. The third-order valence-corrected chi connectivity index (χ3v) is 3.93. The number of rotatable bonds is 3. The number of nitrogens with one attached hydrogen (secondary N) is 1. The van der Waals surface area contributed by atoms with E-state index < -0.39 is 17.5 Å². The van der Waals surface area contributed by atoms with Crippen molar-refractivity contribution in [3.05, 3.63) is 47.4 Å². The highest BCUT2D eigenvalue weighted by molar-refractivity contribution is 5.55. The summed E-state index contributed by atoms with van der Waals surface area (Å²) in [6.07, 6.45) is 3.62. The third-order valence-electron chi connectivity index (χ3n) is 3.93. The number of hydrogen-bond donors (Lipinski definition) is 1. The van der Waals surface area contributed by atoms with E-state index in [1.807, 2.05) is 4.90 Å². The normalized spacial score (nSPS) is 14.0. The maximum atomic E-state index is 13.3. The summed E-state index contributed by atoms with van der Waals surface area (Å²) in [6.45, 7) is 1.16. The average molecular weight is 335 g/mol. The molecule has 2 aromatic heterocycles. The third kappa shape index (κ3) is 2.51. The number of aromatic nitrogens is 4. The lowest BCUT2D eigenvalue weighted by Crippen LogP contribution is -2.28. The largest absolute Gasteiger partial charge is 0.359 e. The molecule has 124 valence electrons. The highest BCUT2D eigenvalue weighted by Gasteiger charge is 2.21. The van der Waals surface area contributed by atoms with Gasteiger partial charge in [0, 0.05) is 12.1 Å². The molecule has 1 aliphatic rings. The molecule has 0 fully saturated rings. The van der Waals surface area contributed by atoms with Gasteiger partial charge in [-0.3, -0.25) is 5.10 Å². The molecule has 3 heterocycles. The number of nitrogens with zero attached hydrogens (tertiary/aromatic N) is 4. The molecule has 0 aliphatic carbocycles. The van der Waals surface area contributed by atoms with Crippen molar-refractivity contribution in [2.24, 2.45) is 0 Å². The van der Waals surface area contributed by atoms with E-state index in [-0.39, 0.29) is 11.4 Å². The summed E-state index contributed by atoms with van der Waals surface area (Å²) >= 11 is 0. The van der Waals surface area contributed by atoms with Gasteiger partial charge in [-0.1, -0.05) is 5.16 Å². The second-order valence-electron chi connectivity index (χ2n) is 5.52. The number of anilines is 1. The first-order chi connectivity index (χ1) is 11.6. The molecule has 0 spiro atoms. The van der Waals surface area contributed by atoms with Crippen molar-refractivity contribution < 1.29 is 17.7 Å². The molecular formula is C15H12F3N5O. The SMILES string of the molecule is Fc1cc(-c2noc(CN3CCCc4[nH]ncc43)n2)cc(F)c1F. The summed E-state index contributed by atoms with van der Waals surface area (Å²) < 4.78 is 44.8. The van der Waals surface area contributed by atoms with E-state index in [9.17, 15) is 13.2 Å². The predicted molar refractivity (Wildman–Crippen MR) is 77.6 cm³/mol. The van der Waals surface area contributed by atoms with E-state index in [4.69, 9.17) is 4.52 Å². The fourth-order valence-electron chi connectivity index (χ4n) is 2.78. The van der Waals surface area contributed by atoms with Crippen LogP contribution in [-0.4, -0.2) is 26.9 Å². The minimum atomic E-state index is -1.52. The number of H-pyrrole nitrogens is 1. The van der Waals surface area contributed by atoms with Gasteiger partial charge < -0.3 is 9.42 Å². The zero-order chi connectivity index (χ0) is 16.7. The molecule has 1 N–H and O–H groups in total. The van der Waals surface area contributed by atoms with E-state index in [1.165, 1.54) is 0 Å². The molecule has 4 rings (SSSR count). The Bertz CT molecular complexity index is 868. The zero-order valence-electron chi connectivity index (χ0n) is 12.4. The predicted octanol–water partition coefficient (Wildman–Crippen LogP) is 2.83. The van der Waals surface area contributed by atoms with Crippen LogP contribution in [0, 0.1) is 17.5 Å². The van der Waals surface area contributed by atoms with Gasteiger partial charge in [0.15, 0.2) is 17.5 Å². The van der Waals surface area contributed by atoms with Crippen LogP contribution in [0.15, 0.2) is 22.9 Å². The van der Waals surface area contributed by atoms with Crippen molar-refractivity contribution in [1.82, 2.24) is 20.3 Å². The second kappa shape index (κ2) is 5.66. The van der Waals surface area contributed by atoms with Crippen LogP contribution in [0.25, 0.3) is 11.4 Å². The molecule has 1 aromatic carbocycles. The van der Waals surface area contributed by atoms with Gasteiger partial charge in [0.05, 0.1) is 24.1 Å². The first kappa shape index (κ1) is 14.7. The number of halogens is 3. The number of benzene rings is 1. The molecule has 0 saturated heterocycles. The van der Waals surface area contributed by atoms with Gasteiger partial charge in [-0.05, 0) is 25.0 Å². The Hall–Kier alpha value is -2.84. The van der Waals surface area contributed by atoms with Crippen LogP contribution in [0.1, 0.15) is 18.0 Å². The summed E-state index contributed by atoms with van der Waals surface area (Å²) in [4.78, 5) is 6.17. The van der Waals surface area contributed by atoms with E-state index >= 15 is 0 Å². The summed E-state index contributed by atoms with van der Waals surface area (Å²) in [6, 6.07) is 1.67. The summed E-state index contributed by atoms with van der Waals surface area (Å²) in [7, 11) is 0. The molecule has 6 nitrogen and oxygen atoms in total. The Kier molecular flexibility index (Phi) is 3.47. The van der Waals surface area contributed by atoms with Crippen molar-refractivity contribution in [3.8, 4) is 11.4 Å². The molecule has 24 heavy (non-hydrogen) atoms. The Morgan fingerprint density at radius 1 is 1.21 bits per heavy atom. The Balaban J connectivity index is 1.58. The van der Waals surface area contributed by atoms with Crippen LogP contribution >= 0.6 is 0 Å². The maximum Gasteiger partial charge on any atom is 0.246 e. The van der Waals surface area contributed by atoms with Crippen molar-refractivity contribution >= 4 is 5.69 Å². The highest BCUT2D eigenvalue weighted by Crippen LogP contribution is 2.27. The van der Waals surface area contributed by atoms with Crippen LogP contribution in [-0.2, 0) is 13.0 Å². The molecule has 9 heteroatoms. The Morgan fingerprint density at radius 2 is 2.00 bits per heavy atom. The Labute approximate surface area is 134 Å². The molecule has 0 radical (unpaired) electrons. The second-order valence-corrected chi connectivity index (χ2v) is 5.52. The highest BCUT2D eigenvalue weighted by atomic mass is 19.2. The van der Waals surface area contributed by atoms with E-state index in [2.05, 4.69) is 20.3 Å². The zero-order valence-corrected chi connectivity index (χ0v) is 12.4. The van der Waals surface area contributed by atoms with Crippen LogP contribution in [0.4, 0.5) is 18.9 Å². The maximum absolute atomic E-state index is 13.3. The molecule has 0 bridgehead atoms. The number of aromatic amines is 1. The van der Waals surface area contributed by atoms with E-state index in [0.717, 1.165) is 42.9 Å². The van der Waals surface area contributed by atoms with Crippen LogP contribution in [0.2, 0.25) is 0 Å². The van der Waals surface area contributed by atoms with Gasteiger partial charge in [0.2, 0.25) is 11.7 Å². The molecule has 0 saturated carbocycles. The standard InChI is InChI=1S/C15H12F3N5O/c16-9-4-8(5-10(17)14(9)18)15-20-13(24-22-15)7-23-3-1-2-11-12(23)6-19-21-11/h4-6H,1-3,7H2,(H,19,21).